The summed E-state index contributed by atoms with van der Waals surface area (Å²) in [6.07, 6.45) is 2.94. The summed E-state index contributed by atoms with van der Waals surface area (Å²) in [6.45, 7) is 4.13. The Morgan fingerprint density at radius 3 is 2.45 bits per heavy atom. The lowest BCUT2D eigenvalue weighted by Gasteiger charge is -2.09. The minimum atomic E-state index is -3.67. The van der Waals surface area contributed by atoms with Crippen LogP contribution in [0.25, 0.3) is 11.0 Å². The Labute approximate surface area is 134 Å². The number of benzene rings is 1. The van der Waals surface area contributed by atoms with Crippen molar-refractivity contribution in [3.63, 3.8) is 0 Å². The molecule has 2 aromatic heterocycles. The van der Waals surface area contributed by atoms with E-state index in [-0.39, 0.29) is 4.90 Å². The first-order chi connectivity index (χ1) is 10.4. The lowest BCUT2D eigenvalue weighted by atomic mass is 10.0. The molecule has 0 aliphatic heterocycles. The van der Waals surface area contributed by atoms with Gasteiger partial charge in [-0.1, -0.05) is 37.6 Å². The molecule has 0 unspecified atom stereocenters. The van der Waals surface area contributed by atoms with Crippen LogP contribution < -0.4 is 0 Å². The van der Waals surface area contributed by atoms with Gasteiger partial charge in [-0.15, -0.1) is 0 Å². The molecular weight excluding hydrogens is 320 g/mol. The zero-order chi connectivity index (χ0) is 15.9. The summed E-state index contributed by atoms with van der Waals surface area (Å²) in [5, 5.41) is 1.17. The van der Waals surface area contributed by atoms with Crippen molar-refractivity contribution in [2.75, 3.05) is 0 Å². The van der Waals surface area contributed by atoms with Crippen molar-refractivity contribution in [3.8, 4) is 0 Å². The van der Waals surface area contributed by atoms with Crippen molar-refractivity contribution in [2.24, 2.45) is 0 Å². The predicted molar refractivity (Wildman–Crippen MR) is 87.9 cm³/mol. The minimum Gasteiger partial charge on any atom is -0.236 e. The van der Waals surface area contributed by atoms with Gasteiger partial charge in [0.05, 0.1) is 9.92 Å². The molecule has 1 aromatic carbocycles. The van der Waals surface area contributed by atoms with Gasteiger partial charge in [-0.3, -0.25) is 0 Å². The molecule has 0 radical (unpaired) electrons. The average molecular weight is 335 g/mol. The van der Waals surface area contributed by atoms with Crippen LogP contribution >= 0.6 is 11.6 Å². The molecule has 0 atom stereocenters. The highest BCUT2D eigenvalue weighted by Crippen LogP contribution is 2.24. The maximum atomic E-state index is 12.8. The summed E-state index contributed by atoms with van der Waals surface area (Å²) in [5.41, 5.74) is 1.47. The molecule has 2 heterocycles. The normalized spacial score (nSPS) is 12.2. The third-order valence-corrected chi connectivity index (χ3v) is 5.45. The Hall–Kier alpha value is -1.85. The smallest absolute Gasteiger partial charge is 0.236 e. The Balaban J connectivity index is 2.11. The number of hydrogen-bond acceptors (Lipinski definition) is 3. The van der Waals surface area contributed by atoms with Gasteiger partial charge < -0.3 is 0 Å². The highest BCUT2D eigenvalue weighted by molar-refractivity contribution is 7.90. The molecule has 0 aliphatic rings. The van der Waals surface area contributed by atoms with Gasteiger partial charge in [0.15, 0.2) is 5.65 Å². The monoisotopic (exact) mass is 334 g/mol. The molecule has 0 amide bonds. The summed E-state index contributed by atoms with van der Waals surface area (Å²) in [4.78, 5) is 4.37. The molecule has 0 aliphatic carbocycles. The summed E-state index contributed by atoms with van der Waals surface area (Å²) in [7, 11) is -3.67. The molecule has 114 valence electrons. The van der Waals surface area contributed by atoms with Gasteiger partial charge in [0.1, 0.15) is 0 Å². The number of hydrogen-bond donors (Lipinski definition) is 0. The summed E-state index contributed by atoms with van der Waals surface area (Å²) in [6, 6.07) is 10.3. The first kappa shape index (κ1) is 15.1. The summed E-state index contributed by atoms with van der Waals surface area (Å²) >= 11 is 5.89. The highest BCUT2D eigenvalue weighted by atomic mass is 35.5. The van der Waals surface area contributed by atoms with Crippen LogP contribution in [0.4, 0.5) is 0 Å². The Bertz CT molecular complexity index is 928. The van der Waals surface area contributed by atoms with E-state index in [1.54, 1.807) is 24.3 Å². The number of rotatable bonds is 3. The Morgan fingerprint density at radius 2 is 1.82 bits per heavy atom. The van der Waals surface area contributed by atoms with Gasteiger partial charge in [0.2, 0.25) is 0 Å². The molecule has 4 nitrogen and oxygen atoms in total. The van der Waals surface area contributed by atoms with Crippen molar-refractivity contribution in [1.29, 1.82) is 0 Å². The first-order valence-electron chi connectivity index (χ1n) is 6.88. The van der Waals surface area contributed by atoms with Crippen LogP contribution in [0.3, 0.4) is 0 Å². The van der Waals surface area contributed by atoms with Crippen LogP contribution in [0.2, 0.25) is 5.02 Å². The molecule has 22 heavy (non-hydrogen) atoms. The van der Waals surface area contributed by atoms with Crippen molar-refractivity contribution < 1.29 is 8.42 Å². The molecule has 3 rings (SSSR count). The van der Waals surface area contributed by atoms with E-state index in [2.05, 4.69) is 18.8 Å². The van der Waals surface area contributed by atoms with Gasteiger partial charge in [-0.2, -0.15) is 0 Å². The molecule has 0 spiro atoms. The van der Waals surface area contributed by atoms with Crippen LogP contribution in [0, 0.1) is 0 Å². The highest BCUT2D eigenvalue weighted by Gasteiger charge is 2.19. The van der Waals surface area contributed by atoms with Gasteiger partial charge in [0.25, 0.3) is 10.0 Å². The van der Waals surface area contributed by atoms with E-state index in [1.165, 1.54) is 16.4 Å². The van der Waals surface area contributed by atoms with Crippen molar-refractivity contribution >= 4 is 32.7 Å². The number of halogens is 1. The fraction of sp³-hybridized carbons (Fsp3) is 0.188. The topological polar surface area (TPSA) is 52.0 Å². The molecule has 6 heteroatoms. The zero-order valence-corrected chi connectivity index (χ0v) is 13.8. The summed E-state index contributed by atoms with van der Waals surface area (Å²) < 4.78 is 26.7. The Kier molecular flexibility index (Phi) is 3.70. The maximum absolute atomic E-state index is 12.8. The van der Waals surface area contributed by atoms with Crippen LogP contribution in [0.1, 0.15) is 25.3 Å². The number of aromatic nitrogens is 2. The van der Waals surface area contributed by atoms with E-state index in [9.17, 15) is 8.42 Å². The van der Waals surface area contributed by atoms with E-state index in [4.69, 9.17) is 11.6 Å². The zero-order valence-electron chi connectivity index (χ0n) is 12.2. The largest absolute Gasteiger partial charge is 0.269 e. The lowest BCUT2D eigenvalue weighted by molar-refractivity contribution is 0.588. The van der Waals surface area contributed by atoms with Crippen LogP contribution in [0.15, 0.2) is 53.7 Å². The molecule has 0 N–H and O–H groups in total. The second kappa shape index (κ2) is 5.41. The number of nitrogens with zero attached hydrogens (tertiary/aromatic N) is 2. The fourth-order valence-corrected chi connectivity index (χ4v) is 3.78. The predicted octanol–water partition coefficient (Wildman–Crippen LogP) is 4.05. The van der Waals surface area contributed by atoms with Crippen molar-refractivity contribution in [1.82, 2.24) is 8.96 Å². The minimum absolute atomic E-state index is 0.242. The Morgan fingerprint density at radius 1 is 1.14 bits per heavy atom. The van der Waals surface area contributed by atoms with Gasteiger partial charge in [-0.05, 0) is 35.7 Å². The SMILES string of the molecule is CC(C)c1ccc(S(=O)(=O)n2ccc3cc(Cl)cnc32)cc1. The van der Waals surface area contributed by atoms with Crippen molar-refractivity contribution in [3.05, 3.63) is 59.4 Å². The second-order valence-electron chi connectivity index (χ2n) is 5.41. The quantitative estimate of drug-likeness (QED) is 0.726. The summed E-state index contributed by atoms with van der Waals surface area (Å²) in [5.74, 6) is 0.355. The number of fused-ring (bicyclic) bond motifs is 1. The second-order valence-corrected chi connectivity index (χ2v) is 7.66. The fourth-order valence-electron chi connectivity index (χ4n) is 2.31. The molecular formula is C16H15ClN2O2S. The molecule has 0 bridgehead atoms. The molecule has 0 saturated heterocycles. The molecule has 0 saturated carbocycles. The van der Waals surface area contributed by atoms with E-state index in [0.29, 0.717) is 22.0 Å². The van der Waals surface area contributed by atoms with E-state index in [0.717, 1.165) is 5.56 Å². The van der Waals surface area contributed by atoms with Crippen LogP contribution in [-0.4, -0.2) is 17.4 Å². The molecule has 0 fully saturated rings. The average Bonchev–Trinajstić information content (AvgIpc) is 2.91. The van der Waals surface area contributed by atoms with Gasteiger partial charge >= 0.3 is 0 Å². The van der Waals surface area contributed by atoms with Crippen molar-refractivity contribution in [2.45, 2.75) is 24.7 Å². The molecule has 3 aromatic rings. The van der Waals surface area contributed by atoms with E-state index in [1.807, 2.05) is 12.1 Å². The standard InChI is InChI=1S/C16H15ClN2O2S/c1-11(2)12-3-5-15(6-4-12)22(20,21)19-8-7-13-9-14(17)10-18-16(13)19/h3-11H,1-2H3. The third kappa shape index (κ3) is 2.51. The van der Waals surface area contributed by atoms with Crippen LogP contribution in [0.5, 0.6) is 0 Å². The van der Waals surface area contributed by atoms with Crippen LogP contribution in [-0.2, 0) is 10.0 Å². The maximum Gasteiger partial charge on any atom is 0.269 e. The van der Waals surface area contributed by atoms with E-state index < -0.39 is 10.0 Å². The third-order valence-electron chi connectivity index (χ3n) is 3.56. The number of pyridine rings is 1. The van der Waals surface area contributed by atoms with Gasteiger partial charge in [0, 0.05) is 17.8 Å². The lowest BCUT2D eigenvalue weighted by Crippen LogP contribution is -2.12. The van der Waals surface area contributed by atoms with E-state index >= 15 is 0 Å². The van der Waals surface area contributed by atoms with Gasteiger partial charge in [-0.25, -0.2) is 17.4 Å². The first-order valence-corrected chi connectivity index (χ1v) is 8.69.